The molecule has 0 radical (unpaired) electrons. The maximum Gasteiger partial charge on any atom is 0.295 e. The number of hydrogen-bond donors (Lipinski definition) is 1. The molecule has 0 atom stereocenters. The first-order chi connectivity index (χ1) is 18.5. The van der Waals surface area contributed by atoms with Crippen LogP contribution < -0.4 is 10.9 Å². The lowest BCUT2D eigenvalue weighted by atomic mass is 10.1. The van der Waals surface area contributed by atoms with Gasteiger partial charge in [-0.15, -0.1) is 0 Å². The van der Waals surface area contributed by atoms with Gasteiger partial charge in [0, 0.05) is 36.8 Å². The van der Waals surface area contributed by atoms with Crippen molar-refractivity contribution >= 4 is 17.7 Å². The fourth-order valence-electron chi connectivity index (χ4n) is 4.14. The summed E-state index contributed by atoms with van der Waals surface area (Å²) < 4.78 is 4.81. The zero-order valence-corrected chi connectivity index (χ0v) is 20.7. The molecular formula is C29H23N7O2. The van der Waals surface area contributed by atoms with Crippen molar-refractivity contribution in [1.29, 1.82) is 5.26 Å². The predicted molar refractivity (Wildman–Crippen MR) is 145 cm³/mol. The van der Waals surface area contributed by atoms with E-state index in [9.17, 15) is 14.9 Å². The number of benzene rings is 2. The lowest BCUT2D eigenvalue weighted by molar-refractivity contribution is -0.112. The molecule has 3 heterocycles. The molecule has 5 rings (SSSR count). The molecule has 1 amide bonds. The highest BCUT2D eigenvalue weighted by Crippen LogP contribution is 2.26. The maximum atomic E-state index is 13.2. The number of rotatable bonds is 6. The van der Waals surface area contributed by atoms with Crippen LogP contribution in [0.25, 0.3) is 28.7 Å². The summed E-state index contributed by atoms with van der Waals surface area (Å²) >= 11 is 0. The number of pyridine rings is 1. The standard InChI is InChI=1S/C29H23N7O2/c1-20-26(29(38)36(34(20)2)25-11-7-4-8-12-25)32-28(37)22(18-30)17-23-19-35(24-9-5-3-6-10-24)33-27(23)21-13-15-31-16-14-21/h3-17,19H,1-2H3,(H,32,37). The van der Waals surface area contributed by atoms with Crippen molar-refractivity contribution in [2.45, 2.75) is 6.92 Å². The molecule has 0 aliphatic carbocycles. The van der Waals surface area contributed by atoms with Gasteiger partial charge >= 0.3 is 0 Å². The molecule has 0 spiro atoms. The van der Waals surface area contributed by atoms with Crippen LogP contribution in [0.4, 0.5) is 5.69 Å². The van der Waals surface area contributed by atoms with Crippen LogP contribution in [0.15, 0.2) is 102 Å². The molecule has 9 nitrogen and oxygen atoms in total. The molecule has 2 aromatic carbocycles. The number of hydrogen-bond acceptors (Lipinski definition) is 5. The van der Waals surface area contributed by atoms with E-state index in [4.69, 9.17) is 5.10 Å². The van der Waals surface area contributed by atoms with Gasteiger partial charge in [0.15, 0.2) is 0 Å². The Kier molecular flexibility index (Phi) is 6.53. The van der Waals surface area contributed by atoms with E-state index in [1.165, 1.54) is 10.8 Å². The van der Waals surface area contributed by atoms with Crippen LogP contribution in [0.5, 0.6) is 0 Å². The van der Waals surface area contributed by atoms with E-state index in [0.717, 1.165) is 11.3 Å². The Labute approximate surface area is 218 Å². The topological polar surface area (TPSA) is 111 Å². The van der Waals surface area contributed by atoms with E-state index in [0.29, 0.717) is 22.6 Å². The fraction of sp³-hybridized carbons (Fsp3) is 0.0690. The molecule has 9 heteroatoms. The molecule has 0 bridgehead atoms. The Morgan fingerprint density at radius 1 is 0.974 bits per heavy atom. The van der Waals surface area contributed by atoms with Gasteiger partial charge in [-0.05, 0) is 49.4 Å². The number of nitrogens with one attached hydrogen (secondary N) is 1. The van der Waals surface area contributed by atoms with Gasteiger partial charge in [0.05, 0.1) is 17.1 Å². The van der Waals surface area contributed by atoms with E-state index in [1.807, 2.05) is 54.6 Å². The van der Waals surface area contributed by atoms with Crippen molar-refractivity contribution in [1.82, 2.24) is 24.1 Å². The first-order valence-corrected chi connectivity index (χ1v) is 11.8. The Morgan fingerprint density at radius 2 is 1.61 bits per heavy atom. The van der Waals surface area contributed by atoms with E-state index < -0.39 is 11.5 Å². The summed E-state index contributed by atoms with van der Waals surface area (Å²) in [5.41, 5.74) is 3.52. The highest BCUT2D eigenvalue weighted by Gasteiger charge is 2.21. The van der Waals surface area contributed by atoms with E-state index in [-0.39, 0.29) is 11.3 Å². The van der Waals surface area contributed by atoms with Crippen LogP contribution in [0.1, 0.15) is 11.3 Å². The van der Waals surface area contributed by atoms with Gasteiger partial charge in [0.25, 0.3) is 11.5 Å². The summed E-state index contributed by atoms with van der Waals surface area (Å²) in [5.74, 6) is -0.688. The molecule has 0 saturated carbocycles. The van der Waals surface area contributed by atoms with Gasteiger partial charge in [0.2, 0.25) is 0 Å². The molecule has 0 saturated heterocycles. The molecule has 1 N–H and O–H groups in total. The van der Waals surface area contributed by atoms with Gasteiger partial charge in [-0.2, -0.15) is 10.4 Å². The smallest absolute Gasteiger partial charge is 0.295 e. The first kappa shape index (κ1) is 24.2. The summed E-state index contributed by atoms with van der Waals surface area (Å²) in [4.78, 5) is 30.5. The highest BCUT2D eigenvalue weighted by atomic mass is 16.2. The summed E-state index contributed by atoms with van der Waals surface area (Å²) in [6, 6.07) is 24.2. The second-order valence-corrected chi connectivity index (χ2v) is 8.51. The summed E-state index contributed by atoms with van der Waals surface area (Å²) in [7, 11) is 1.74. The molecular weight excluding hydrogens is 478 g/mol. The quantitative estimate of drug-likeness (QED) is 0.276. The lowest BCUT2D eigenvalue weighted by Gasteiger charge is -2.07. The molecule has 186 valence electrons. The van der Waals surface area contributed by atoms with Crippen LogP contribution >= 0.6 is 0 Å². The molecule has 3 aromatic heterocycles. The average Bonchev–Trinajstić information content (AvgIpc) is 3.47. The average molecular weight is 502 g/mol. The third-order valence-electron chi connectivity index (χ3n) is 6.17. The molecule has 0 fully saturated rings. The molecule has 0 unspecified atom stereocenters. The van der Waals surface area contributed by atoms with Crippen molar-refractivity contribution in [3.63, 3.8) is 0 Å². The minimum Gasteiger partial charge on any atom is -0.315 e. The molecule has 38 heavy (non-hydrogen) atoms. The number of nitriles is 1. The van der Waals surface area contributed by atoms with Crippen molar-refractivity contribution < 1.29 is 4.79 Å². The predicted octanol–water partition coefficient (Wildman–Crippen LogP) is 4.28. The Bertz CT molecular complexity index is 1740. The monoisotopic (exact) mass is 501 g/mol. The number of para-hydroxylation sites is 2. The van der Waals surface area contributed by atoms with Crippen LogP contribution in [0, 0.1) is 18.3 Å². The Balaban J connectivity index is 1.54. The molecule has 0 aliphatic rings. The molecule has 0 aliphatic heterocycles. The fourth-order valence-corrected chi connectivity index (χ4v) is 4.14. The van der Waals surface area contributed by atoms with Crippen LogP contribution in [-0.2, 0) is 11.8 Å². The summed E-state index contributed by atoms with van der Waals surface area (Å²) in [6.45, 7) is 1.73. The lowest BCUT2D eigenvalue weighted by Crippen LogP contribution is -2.23. The third kappa shape index (κ3) is 4.54. The van der Waals surface area contributed by atoms with Crippen molar-refractivity contribution in [3.8, 4) is 28.7 Å². The largest absolute Gasteiger partial charge is 0.315 e. The van der Waals surface area contributed by atoms with E-state index in [2.05, 4.69) is 10.3 Å². The SMILES string of the molecule is Cc1c(NC(=O)C(C#N)=Cc2cn(-c3ccccc3)nc2-c2ccncc2)c(=O)n(-c2ccccc2)n1C. The van der Waals surface area contributed by atoms with Crippen molar-refractivity contribution in [2.75, 3.05) is 5.32 Å². The number of nitrogens with zero attached hydrogens (tertiary/aromatic N) is 6. The second-order valence-electron chi connectivity index (χ2n) is 8.51. The summed E-state index contributed by atoms with van der Waals surface area (Å²) in [5, 5.41) is 17.3. The number of carbonyl (C=O) groups excluding carboxylic acids is 1. The first-order valence-electron chi connectivity index (χ1n) is 11.8. The van der Waals surface area contributed by atoms with Gasteiger partial charge in [-0.1, -0.05) is 36.4 Å². The van der Waals surface area contributed by atoms with Gasteiger partial charge in [-0.3, -0.25) is 19.3 Å². The normalized spacial score (nSPS) is 11.2. The van der Waals surface area contributed by atoms with Crippen LogP contribution in [0.3, 0.4) is 0 Å². The minimum atomic E-state index is -0.688. The number of amides is 1. The summed E-state index contributed by atoms with van der Waals surface area (Å²) in [6.07, 6.45) is 6.54. The number of carbonyl (C=O) groups is 1. The maximum absolute atomic E-state index is 13.2. The third-order valence-corrected chi connectivity index (χ3v) is 6.17. The van der Waals surface area contributed by atoms with Crippen molar-refractivity contribution in [2.24, 2.45) is 7.05 Å². The van der Waals surface area contributed by atoms with Gasteiger partial charge in [-0.25, -0.2) is 9.36 Å². The van der Waals surface area contributed by atoms with Gasteiger partial charge in [0.1, 0.15) is 23.0 Å². The van der Waals surface area contributed by atoms with Crippen molar-refractivity contribution in [3.05, 3.63) is 119 Å². The second kappa shape index (κ2) is 10.2. The Hall–Kier alpha value is -5.49. The Morgan fingerprint density at radius 3 is 2.24 bits per heavy atom. The number of aromatic nitrogens is 5. The van der Waals surface area contributed by atoms with E-state index in [1.54, 1.807) is 66.2 Å². The van der Waals surface area contributed by atoms with Gasteiger partial charge < -0.3 is 5.32 Å². The highest BCUT2D eigenvalue weighted by molar-refractivity contribution is 6.10. The van der Waals surface area contributed by atoms with Crippen LogP contribution in [-0.4, -0.2) is 30.0 Å². The zero-order chi connectivity index (χ0) is 26.6. The zero-order valence-electron chi connectivity index (χ0n) is 20.7. The molecule has 5 aromatic rings. The minimum absolute atomic E-state index is 0.108. The van der Waals surface area contributed by atoms with Crippen LogP contribution in [0.2, 0.25) is 0 Å². The van der Waals surface area contributed by atoms with E-state index >= 15 is 0 Å². The number of anilines is 1.